The molecule has 1 aliphatic carbocycles. The monoisotopic (exact) mass is 432 g/mol. The van der Waals surface area contributed by atoms with Gasteiger partial charge in [0.1, 0.15) is 0 Å². The van der Waals surface area contributed by atoms with Crippen LogP contribution in [0.5, 0.6) is 0 Å². The minimum Gasteiger partial charge on any atom is -0.478 e. The molecule has 0 amide bonds. The normalized spacial score (nSPS) is 23.6. The third-order valence-electron chi connectivity index (χ3n) is 7.26. The van der Waals surface area contributed by atoms with Gasteiger partial charge in [0.2, 0.25) is 0 Å². The zero-order chi connectivity index (χ0) is 23.0. The SMILES string of the molecule is CN(C)CC1C2=C(CCC(C(C)(C)C)C2)N(c2cccc(C(=O)O)c2)C1c1ccccc1. The summed E-state index contributed by atoms with van der Waals surface area (Å²) in [6, 6.07) is 18.4. The minimum atomic E-state index is -0.877. The average Bonchev–Trinajstić information content (AvgIpc) is 3.07. The van der Waals surface area contributed by atoms with E-state index < -0.39 is 5.97 Å². The summed E-state index contributed by atoms with van der Waals surface area (Å²) in [7, 11) is 4.31. The second-order valence-electron chi connectivity index (χ2n) is 10.7. The van der Waals surface area contributed by atoms with E-state index in [1.165, 1.54) is 17.7 Å². The van der Waals surface area contributed by atoms with Gasteiger partial charge in [-0.25, -0.2) is 4.79 Å². The van der Waals surface area contributed by atoms with Gasteiger partial charge >= 0.3 is 5.97 Å². The van der Waals surface area contributed by atoms with Crippen LogP contribution in [0.25, 0.3) is 0 Å². The standard InChI is InChI=1S/C28H36N2O2/c1-28(2,3)21-14-15-25-23(17-21)24(18-29(4)5)26(19-10-7-6-8-11-19)30(25)22-13-9-12-20(16-22)27(31)32/h6-13,16,21,24,26H,14-15,17-18H2,1-5H3,(H,31,32). The Morgan fingerprint density at radius 2 is 1.81 bits per heavy atom. The van der Waals surface area contributed by atoms with Gasteiger partial charge in [-0.2, -0.15) is 0 Å². The Labute approximate surface area is 192 Å². The number of aromatic carboxylic acids is 1. The van der Waals surface area contributed by atoms with E-state index in [2.05, 4.69) is 81.1 Å². The highest BCUT2D eigenvalue weighted by Gasteiger charge is 2.45. The lowest BCUT2D eigenvalue weighted by molar-refractivity contribution is 0.0697. The number of carbonyl (C=O) groups is 1. The largest absolute Gasteiger partial charge is 0.478 e. The van der Waals surface area contributed by atoms with Gasteiger partial charge in [-0.3, -0.25) is 0 Å². The lowest BCUT2D eigenvalue weighted by Crippen LogP contribution is -2.32. The third kappa shape index (κ3) is 4.33. The number of nitrogens with zero attached hydrogens (tertiary/aromatic N) is 2. The molecule has 0 saturated heterocycles. The molecule has 0 fully saturated rings. The van der Waals surface area contributed by atoms with E-state index in [0.717, 1.165) is 25.1 Å². The van der Waals surface area contributed by atoms with Gasteiger partial charge in [0.05, 0.1) is 11.6 Å². The van der Waals surface area contributed by atoms with E-state index in [0.29, 0.717) is 17.4 Å². The molecule has 1 heterocycles. The van der Waals surface area contributed by atoms with Crippen molar-refractivity contribution in [3.63, 3.8) is 0 Å². The molecule has 1 N–H and O–H groups in total. The number of anilines is 1. The molecule has 4 rings (SSSR count). The number of carboxylic acid groups (broad SMARTS) is 1. The second kappa shape index (κ2) is 8.74. The number of carboxylic acids is 1. The molecule has 1 aliphatic heterocycles. The molecule has 2 aliphatic rings. The fourth-order valence-electron chi connectivity index (χ4n) is 5.62. The predicted octanol–water partition coefficient (Wildman–Crippen LogP) is 6.22. The van der Waals surface area contributed by atoms with Crippen LogP contribution in [0.3, 0.4) is 0 Å². The van der Waals surface area contributed by atoms with Crippen LogP contribution in [0.1, 0.15) is 62.0 Å². The van der Waals surface area contributed by atoms with Gasteiger partial charge in [0.25, 0.3) is 0 Å². The first kappa shape index (κ1) is 22.6. The van der Waals surface area contributed by atoms with Crippen molar-refractivity contribution < 1.29 is 9.90 Å². The Balaban J connectivity index is 1.87. The highest BCUT2D eigenvalue weighted by molar-refractivity contribution is 5.89. The summed E-state index contributed by atoms with van der Waals surface area (Å²) in [5, 5.41) is 9.63. The maximum absolute atomic E-state index is 11.7. The second-order valence-corrected chi connectivity index (χ2v) is 10.7. The number of benzene rings is 2. The van der Waals surface area contributed by atoms with Crippen LogP contribution in [0, 0.1) is 17.3 Å². The summed E-state index contributed by atoms with van der Waals surface area (Å²) >= 11 is 0. The molecule has 0 radical (unpaired) electrons. The molecule has 4 heteroatoms. The predicted molar refractivity (Wildman–Crippen MR) is 131 cm³/mol. The van der Waals surface area contributed by atoms with Crippen LogP contribution < -0.4 is 4.90 Å². The van der Waals surface area contributed by atoms with E-state index in [1.807, 2.05) is 12.1 Å². The van der Waals surface area contributed by atoms with Gasteiger partial charge in [-0.05, 0) is 74.0 Å². The van der Waals surface area contributed by atoms with Crippen molar-refractivity contribution in [2.75, 3.05) is 25.5 Å². The number of hydrogen-bond acceptors (Lipinski definition) is 3. The highest BCUT2D eigenvalue weighted by atomic mass is 16.4. The molecule has 2 aromatic carbocycles. The zero-order valence-electron chi connectivity index (χ0n) is 20.0. The molecule has 170 valence electrons. The van der Waals surface area contributed by atoms with E-state index >= 15 is 0 Å². The van der Waals surface area contributed by atoms with Gasteiger partial charge in [-0.15, -0.1) is 0 Å². The molecule has 0 bridgehead atoms. The third-order valence-corrected chi connectivity index (χ3v) is 7.26. The Morgan fingerprint density at radius 1 is 1.09 bits per heavy atom. The van der Waals surface area contributed by atoms with Crippen molar-refractivity contribution in [2.24, 2.45) is 17.3 Å². The Bertz CT molecular complexity index is 1000. The first-order chi connectivity index (χ1) is 15.2. The first-order valence-corrected chi connectivity index (χ1v) is 11.7. The van der Waals surface area contributed by atoms with Crippen LogP contribution in [0.4, 0.5) is 5.69 Å². The quantitative estimate of drug-likeness (QED) is 0.609. The van der Waals surface area contributed by atoms with Crippen LogP contribution in [0.15, 0.2) is 65.9 Å². The Morgan fingerprint density at radius 3 is 2.44 bits per heavy atom. The van der Waals surface area contributed by atoms with E-state index in [-0.39, 0.29) is 11.5 Å². The fraction of sp³-hybridized carbons (Fsp3) is 0.464. The molecule has 3 atom stereocenters. The van der Waals surface area contributed by atoms with Gasteiger partial charge < -0.3 is 14.9 Å². The van der Waals surface area contributed by atoms with Gasteiger partial charge in [0, 0.05) is 23.8 Å². The number of allylic oxidation sites excluding steroid dienone is 1. The molecule has 2 aromatic rings. The molecule has 4 nitrogen and oxygen atoms in total. The topological polar surface area (TPSA) is 43.8 Å². The summed E-state index contributed by atoms with van der Waals surface area (Å²) in [6.45, 7) is 8.07. The summed E-state index contributed by atoms with van der Waals surface area (Å²) in [6.07, 6.45) is 3.34. The molecular formula is C28H36N2O2. The van der Waals surface area contributed by atoms with Crippen molar-refractivity contribution >= 4 is 11.7 Å². The zero-order valence-corrected chi connectivity index (χ0v) is 20.0. The van der Waals surface area contributed by atoms with Crippen LogP contribution >= 0.6 is 0 Å². The number of rotatable bonds is 5. The summed E-state index contributed by atoms with van der Waals surface area (Å²) in [5.74, 6) is 0.159. The lowest BCUT2D eigenvalue weighted by atomic mass is 9.70. The van der Waals surface area contributed by atoms with Crippen molar-refractivity contribution in [2.45, 2.75) is 46.1 Å². The summed E-state index contributed by atoms with van der Waals surface area (Å²) < 4.78 is 0. The van der Waals surface area contributed by atoms with Crippen molar-refractivity contribution in [3.05, 3.63) is 77.0 Å². The molecule has 0 saturated carbocycles. The highest BCUT2D eigenvalue weighted by Crippen LogP contribution is 2.54. The van der Waals surface area contributed by atoms with Crippen LogP contribution in [0.2, 0.25) is 0 Å². The maximum atomic E-state index is 11.7. The molecule has 0 aromatic heterocycles. The van der Waals surface area contributed by atoms with E-state index in [1.54, 1.807) is 11.6 Å². The summed E-state index contributed by atoms with van der Waals surface area (Å²) in [5.41, 5.74) is 5.88. The maximum Gasteiger partial charge on any atom is 0.335 e. The minimum absolute atomic E-state index is 0.173. The molecule has 0 spiro atoms. The Kier molecular flexibility index (Phi) is 6.17. The van der Waals surface area contributed by atoms with E-state index in [9.17, 15) is 9.90 Å². The Hall–Kier alpha value is -2.59. The summed E-state index contributed by atoms with van der Waals surface area (Å²) in [4.78, 5) is 16.5. The average molecular weight is 433 g/mol. The molecular weight excluding hydrogens is 396 g/mol. The molecule has 3 unspecified atom stereocenters. The first-order valence-electron chi connectivity index (χ1n) is 11.7. The number of hydrogen-bond donors (Lipinski definition) is 1. The van der Waals surface area contributed by atoms with Gasteiger partial charge in [0.15, 0.2) is 0 Å². The van der Waals surface area contributed by atoms with Crippen molar-refractivity contribution in [3.8, 4) is 0 Å². The fourth-order valence-corrected chi connectivity index (χ4v) is 5.62. The van der Waals surface area contributed by atoms with Crippen LogP contribution in [-0.4, -0.2) is 36.6 Å². The molecule has 32 heavy (non-hydrogen) atoms. The van der Waals surface area contributed by atoms with Crippen molar-refractivity contribution in [1.29, 1.82) is 0 Å². The smallest absolute Gasteiger partial charge is 0.335 e. The lowest BCUT2D eigenvalue weighted by Gasteiger charge is -2.36. The van der Waals surface area contributed by atoms with Crippen molar-refractivity contribution in [1.82, 2.24) is 4.90 Å². The van der Waals surface area contributed by atoms with E-state index in [4.69, 9.17) is 0 Å². The van der Waals surface area contributed by atoms with Gasteiger partial charge in [-0.1, -0.05) is 57.2 Å². The van der Waals surface area contributed by atoms with Crippen LogP contribution in [-0.2, 0) is 0 Å².